The minimum Gasteiger partial charge on any atom is -0.288 e. The van der Waals surface area contributed by atoms with E-state index in [1.807, 2.05) is 18.2 Å². The highest BCUT2D eigenvalue weighted by Crippen LogP contribution is 2.14. The number of amides is 1. The number of aryl methyl sites for hydroxylation is 1. The number of carbonyl (C=O) groups excluding carboxylic acids is 1. The Morgan fingerprint density at radius 3 is 3.12 bits per heavy atom. The molecule has 6 nitrogen and oxygen atoms in total. The maximum atomic E-state index is 11.5. The number of anilines is 1. The summed E-state index contributed by atoms with van der Waals surface area (Å²) in [6.07, 6.45) is 3.28. The number of carbonyl (C=O) groups is 1. The summed E-state index contributed by atoms with van der Waals surface area (Å²) in [5.41, 5.74) is 0. The molecule has 17 heavy (non-hydrogen) atoms. The lowest BCUT2D eigenvalue weighted by atomic mass is 10.5. The van der Waals surface area contributed by atoms with Crippen LogP contribution in [0.25, 0.3) is 0 Å². The molecule has 2 heterocycles. The number of nitrogens with zero attached hydrogens (tertiary/aromatic N) is 3. The van der Waals surface area contributed by atoms with Crippen LogP contribution in [0, 0.1) is 0 Å². The van der Waals surface area contributed by atoms with Crippen molar-refractivity contribution in [1.82, 2.24) is 10.3 Å². The molecule has 7 heteroatoms. The van der Waals surface area contributed by atoms with E-state index < -0.39 is 0 Å². The zero-order valence-electron chi connectivity index (χ0n) is 9.16. The zero-order valence-corrected chi connectivity index (χ0v) is 9.98. The Balaban J connectivity index is 1.82. The van der Waals surface area contributed by atoms with Gasteiger partial charge in [0.2, 0.25) is 5.91 Å². The van der Waals surface area contributed by atoms with Gasteiger partial charge in [-0.25, -0.2) is 4.98 Å². The summed E-state index contributed by atoms with van der Waals surface area (Å²) in [6.45, 7) is 0. The van der Waals surface area contributed by atoms with Crippen LogP contribution in [0.5, 0.6) is 0 Å². The molecule has 0 spiro atoms. The number of pyridine rings is 1. The van der Waals surface area contributed by atoms with Crippen molar-refractivity contribution in [1.29, 1.82) is 0 Å². The first-order chi connectivity index (χ1) is 8.24. The normalized spacial score (nSPS) is 10.2. The standard InChI is InChI=1S/C10H10N4O2S/c1-14-6-9(16-13-14)12-8(15)7-17-10-4-2-3-5-11-10/h2-6H,7H2,1H3/p+1. The summed E-state index contributed by atoms with van der Waals surface area (Å²) in [6, 6.07) is 5.56. The summed E-state index contributed by atoms with van der Waals surface area (Å²) in [7, 11) is 1.71. The van der Waals surface area contributed by atoms with Gasteiger partial charge in [-0.2, -0.15) is 0 Å². The van der Waals surface area contributed by atoms with Crippen molar-refractivity contribution in [2.24, 2.45) is 7.05 Å². The molecule has 0 unspecified atom stereocenters. The molecule has 1 N–H and O–H groups in total. The Labute approximate surface area is 102 Å². The lowest BCUT2D eigenvalue weighted by Crippen LogP contribution is -2.28. The van der Waals surface area contributed by atoms with E-state index in [0.29, 0.717) is 5.88 Å². The molecule has 2 aromatic rings. The first-order valence-electron chi connectivity index (χ1n) is 4.90. The van der Waals surface area contributed by atoms with Gasteiger partial charge >= 0.3 is 5.88 Å². The van der Waals surface area contributed by atoms with Gasteiger partial charge in [-0.15, -0.1) is 0 Å². The summed E-state index contributed by atoms with van der Waals surface area (Å²) in [5, 5.41) is 7.00. The van der Waals surface area contributed by atoms with Crippen molar-refractivity contribution in [3.05, 3.63) is 30.6 Å². The van der Waals surface area contributed by atoms with Crippen LogP contribution in [0.1, 0.15) is 0 Å². The lowest BCUT2D eigenvalue weighted by molar-refractivity contribution is -0.739. The quantitative estimate of drug-likeness (QED) is 0.637. The molecule has 0 aliphatic heterocycles. The summed E-state index contributed by atoms with van der Waals surface area (Å²) < 4.78 is 6.32. The highest BCUT2D eigenvalue weighted by molar-refractivity contribution is 7.99. The van der Waals surface area contributed by atoms with Gasteiger partial charge in [0, 0.05) is 6.20 Å². The number of aromatic nitrogens is 3. The van der Waals surface area contributed by atoms with Crippen molar-refractivity contribution in [3.63, 3.8) is 0 Å². The summed E-state index contributed by atoms with van der Waals surface area (Å²) in [5.74, 6) is 0.457. The minimum absolute atomic E-state index is 0.155. The molecule has 0 aliphatic rings. The predicted molar refractivity (Wildman–Crippen MR) is 61.3 cm³/mol. The molecule has 0 atom stereocenters. The molecule has 0 saturated carbocycles. The molecule has 0 bridgehead atoms. The Morgan fingerprint density at radius 2 is 2.47 bits per heavy atom. The Bertz CT molecular complexity index is 500. The van der Waals surface area contributed by atoms with Gasteiger partial charge in [0.05, 0.1) is 10.8 Å². The van der Waals surface area contributed by atoms with Gasteiger partial charge < -0.3 is 0 Å². The molecular formula is C10H11N4O2S+. The van der Waals surface area contributed by atoms with Crippen LogP contribution in [0.15, 0.2) is 40.1 Å². The maximum Gasteiger partial charge on any atom is 0.302 e. The molecule has 0 saturated heterocycles. The highest BCUT2D eigenvalue weighted by Gasteiger charge is 2.11. The average Bonchev–Trinajstić information content (AvgIpc) is 2.73. The molecular weight excluding hydrogens is 240 g/mol. The number of thioether (sulfide) groups is 1. The second kappa shape index (κ2) is 5.44. The second-order valence-corrected chi connectivity index (χ2v) is 4.24. The van der Waals surface area contributed by atoms with Crippen LogP contribution in [0.2, 0.25) is 0 Å². The molecule has 0 radical (unpaired) electrons. The van der Waals surface area contributed by atoms with Crippen molar-refractivity contribution in [2.75, 3.05) is 11.1 Å². The van der Waals surface area contributed by atoms with Crippen LogP contribution in [-0.4, -0.2) is 21.9 Å². The monoisotopic (exact) mass is 251 g/mol. The molecule has 0 aromatic carbocycles. The number of rotatable bonds is 4. The third kappa shape index (κ3) is 3.56. The van der Waals surface area contributed by atoms with E-state index >= 15 is 0 Å². The van der Waals surface area contributed by atoms with E-state index in [-0.39, 0.29) is 11.7 Å². The first kappa shape index (κ1) is 11.6. The van der Waals surface area contributed by atoms with Crippen molar-refractivity contribution >= 4 is 23.6 Å². The minimum atomic E-state index is -0.155. The van der Waals surface area contributed by atoms with Crippen molar-refractivity contribution < 1.29 is 14.0 Å². The summed E-state index contributed by atoms with van der Waals surface area (Å²) >= 11 is 1.36. The molecule has 0 fully saturated rings. The predicted octanol–water partition coefficient (Wildman–Crippen LogP) is 0.625. The van der Waals surface area contributed by atoms with E-state index in [9.17, 15) is 4.79 Å². The third-order valence-electron chi connectivity index (χ3n) is 1.82. The van der Waals surface area contributed by atoms with Crippen LogP contribution in [-0.2, 0) is 11.8 Å². The van der Waals surface area contributed by atoms with Crippen LogP contribution in [0.3, 0.4) is 0 Å². The number of hydrogen-bond donors (Lipinski definition) is 1. The van der Waals surface area contributed by atoms with Gasteiger partial charge in [0.1, 0.15) is 0 Å². The van der Waals surface area contributed by atoms with Gasteiger partial charge in [-0.3, -0.25) is 14.6 Å². The molecule has 1 amide bonds. The third-order valence-corrected chi connectivity index (χ3v) is 2.77. The fraction of sp³-hybridized carbons (Fsp3) is 0.200. The molecule has 2 aromatic heterocycles. The fourth-order valence-electron chi connectivity index (χ4n) is 1.13. The van der Waals surface area contributed by atoms with Crippen molar-refractivity contribution in [2.45, 2.75) is 5.03 Å². The largest absolute Gasteiger partial charge is 0.302 e. The maximum absolute atomic E-state index is 11.5. The van der Waals surface area contributed by atoms with Gasteiger partial charge in [-0.1, -0.05) is 22.5 Å². The Kier molecular flexibility index (Phi) is 3.71. The van der Waals surface area contributed by atoms with Crippen LogP contribution in [0.4, 0.5) is 5.88 Å². The Hall–Kier alpha value is -1.89. The fourth-order valence-corrected chi connectivity index (χ4v) is 1.79. The van der Waals surface area contributed by atoms with Crippen LogP contribution >= 0.6 is 11.8 Å². The van der Waals surface area contributed by atoms with Crippen molar-refractivity contribution in [3.8, 4) is 0 Å². The molecule has 2 rings (SSSR count). The number of nitrogens with one attached hydrogen (secondary N) is 1. The van der Waals surface area contributed by atoms with E-state index in [1.165, 1.54) is 16.4 Å². The van der Waals surface area contributed by atoms with E-state index in [1.54, 1.807) is 19.4 Å². The summed E-state index contributed by atoms with van der Waals surface area (Å²) in [4.78, 5) is 15.6. The van der Waals surface area contributed by atoms with Gasteiger partial charge in [0.25, 0.3) is 6.20 Å². The average molecular weight is 251 g/mol. The topological polar surface area (TPSA) is 71.9 Å². The van der Waals surface area contributed by atoms with Crippen LogP contribution < -0.4 is 10.00 Å². The molecule has 88 valence electrons. The SMILES string of the molecule is C[n+]1cc(NC(=O)CSc2ccccn2)on1. The van der Waals surface area contributed by atoms with Gasteiger partial charge in [0.15, 0.2) is 12.3 Å². The zero-order chi connectivity index (χ0) is 12.1. The smallest absolute Gasteiger partial charge is 0.288 e. The Morgan fingerprint density at radius 1 is 1.59 bits per heavy atom. The van der Waals surface area contributed by atoms with E-state index in [2.05, 4.69) is 15.6 Å². The second-order valence-electron chi connectivity index (χ2n) is 3.24. The van der Waals surface area contributed by atoms with Gasteiger partial charge in [-0.05, 0) is 12.1 Å². The van der Waals surface area contributed by atoms with E-state index in [4.69, 9.17) is 4.52 Å². The van der Waals surface area contributed by atoms with E-state index in [0.717, 1.165) is 5.03 Å². The highest BCUT2D eigenvalue weighted by atomic mass is 32.2. The lowest BCUT2D eigenvalue weighted by Gasteiger charge is -1.99. The molecule has 0 aliphatic carbocycles. The first-order valence-corrected chi connectivity index (χ1v) is 5.89. The number of hydrogen-bond acceptors (Lipinski definition) is 5.